The Bertz CT molecular complexity index is 490. The van der Waals surface area contributed by atoms with Gasteiger partial charge in [-0.05, 0) is 47.9 Å². The second-order valence-electron chi connectivity index (χ2n) is 4.75. The summed E-state index contributed by atoms with van der Waals surface area (Å²) in [6, 6.07) is 9.18. The van der Waals surface area contributed by atoms with E-state index in [1.807, 2.05) is 12.1 Å². The molecule has 1 unspecified atom stereocenters. The summed E-state index contributed by atoms with van der Waals surface area (Å²) in [5, 5.41) is 14.9. The normalized spacial score (nSPS) is 12.8. The van der Waals surface area contributed by atoms with E-state index in [-0.39, 0.29) is 0 Å². The maximum absolute atomic E-state index is 3.92. The van der Waals surface area contributed by atoms with Crippen LogP contribution in [0, 0.1) is 0 Å². The molecule has 5 nitrogen and oxygen atoms in total. The van der Waals surface area contributed by atoms with Crippen molar-refractivity contribution in [2.24, 2.45) is 0 Å². The largest absolute Gasteiger partial charge is 0.307 e. The smallest absolute Gasteiger partial charge is 0.143 e. The Balaban J connectivity index is 2.14. The van der Waals surface area contributed by atoms with E-state index in [2.05, 4.69) is 53.7 Å². The Kier molecular flexibility index (Phi) is 4.63. The van der Waals surface area contributed by atoms with Crippen LogP contribution >= 0.6 is 0 Å². The molecule has 19 heavy (non-hydrogen) atoms. The topological polar surface area (TPSA) is 55.6 Å². The van der Waals surface area contributed by atoms with Gasteiger partial charge < -0.3 is 5.32 Å². The van der Waals surface area contributed by atoms with Gasteiger partial charge in [0.05, 0.1) is 5.69 Å². The SMILES string of the molecule is CCC(CC)NC(C)c1cccc(-n2cnnn2)c1. The number of hydrogen-bond acceptors (Lipinski definition) is 4. The van der Waals surface area contributed by atoms with Crippen molar-refractivity contribution in [2.75, 3.05) is 0 Å². The van der Waals surface area contributed by atoms with E-state index in [4.69, 9.17) is 0 Å². The molecule has 0 fully saturated rings. The highest BCUT2D eigenvalue weighted by Crippen LogP contribution is 2.17. The summed E-state index contributed by atoms with van der Waals surface area (Å²) < 4.78 is 1.67. The molecule has 0 saturated carbocycles. The van der Waals surface area contributed by atoms with Crippen LogP contribution in [0.1, 0.15) is 45.2 Å². The molecule has 1 aromatic carbocycles. The molecular formula is C14H21N5. The zero-order valence-electron chi connectivity index (χ0n) is 11.7. The molecule has 2 aromatic rings. The fraction of sp³-hybridized carbons (Fsp3) is 0.500. The van der Waals surface area contributed by atoms with Gasteiger partial charge in [-0.2, -0.15) is 0 Å². The quantitative estimate of drug-likeness (QED) is 0.866. The Hall–Kier alpha value is -1.75. The number of hydrogen-bond donors (Lipinski definition) is 1. The maximum Gasteiger partial charge on any atom is 0.143 e. The Morgan fingerprint density at radius 1 is 1.26 bits per heavy atom. The molecule has 0 bridgehead atoms. The highest BCUT2D eigenvalue weighted by Gasteiger charge is 2.11. The van der Waals surface area contributed by atoms with Crippen molar-refractivity contribution < 1.29 is 0 Å². The van der Waals surface area contributed by atoms with Gasteiger partial charge in [0, 0.05) is 12.1 Å². The van der Waals surface area contributed by atoms with Crippen LogP contribution in [0.25, 0.3) is 5.69 Å². The minimum Gasteiger partial charge on any atom is -0.307 e. The van der Waals surface area contributed by atoms with Crippen LogP contribution in [-0.4, -0.2) is 26.2 Å². The third kappa shape index (κ3) is 3.38. The van der Waals surface area contributed by atoms with Crippen LogP contribution in [0.5, 0.6) is 0 Å². The Morgan fingerprint density at radius 3 is 2.68 bits per heavy atom. The average Bonchev–Trinajstić information content (AvgIpc) is 2.99. The molecule has 1 heterocycles. The van der Waals surface area contributed by atoms with E-state index < -0.39 is 0 Å². The van der Waals surface area contributed by atoms with Gasteiger partial charge in [0.2, 0.25) is 0 Å². The Labute approximate surface area is 114 Å². The average molecular weight is 259 g/mol. The molecular weight excluding hydrogens is 238 g/mol. The first kappa shape index (κ1) is 13.7. The van der Waals surface area contributed by atoms with E-state index in [1.54, 1.807) is 11.0 Å². The van der Waals surface area contributed by atoms with Crippen LogP contribution < -0.4 is 5.32 Å². The summed E-state index contributed by atoms with van der Waals surface area (Å²) in [6.07, 6.45) is 3.90. The van der Waals surface area contributed by atoms with Crippen LogP contribution in [0.3, 0.4) is 0 Å². The van der Waals surface area contributed by atoms with E-state index in [0.717, 1.165) is 18.5 Å². The molecule has 0 spiro atoms. The van der Waals surface area contributed by atoms with Gasteiger partial charge in [-0.25, -0.2) is 4.68 Å². The number of nitrogens with one attached hydrogen (secondary N) is 1. The molecule has 0 saturated heterocycles. The van der Waals surface area contributed by atoms with E-state index in [9.17, 15) is 0 Å². The number of tetrazole rings is 1. The highest BCUT2D eigenvalue weighted by atomic mass is 15.5. The predicted octanol–water partition coefficient (Wildman–Crippen LogP) is 2.50. The number of benzene rings is 1. The lowest BCUT2D eigenvalue weighted by atomic mass is 10.0. The summed E-state index contributed by atoms with van der Waals surface area (Å²) in [5.41, 5.74) is 2.24. The van der Waals surface area contributed by atoms with Crippen molar-refractivity contribution >= 4 is 0 Å². The molecule has 0 amide bonds. The van der Waals surface area contributed by atoms with Crippen molar-refractivity contribution in [1.82, 2.24) is 25.5 Å². The van der Waals surface area contributed by atoms with Gasteiger partial charge >= 0.3 is 0 Å². The molecule has 102 valence electrons. The van der Waals surface area contributed by atoms with Crippen molar-refractivity contribution in [1.29, 1.82) is 0 Å². The van der Waals surface area contributed by atoms with Gasteiger partial charge in [0.1, 0.15) is 6.33 Å². The minimum absolute atomic E-state index is 0.321. The molecule has 1 N–H and O–H groups in total. The van der Waals surface area contributed by atoms with Gasteiger partial charge in [-0.1, -0.05) is 26.0 Å². The van der Waals surface area contributed by atoms with E-state index in [1.165, 1.54) is 5.56 Å². The van der Waals surface area contributed by atoms with Crippen LogP contribution in [-0.2, 0) is 0 Å². The summed E-state index contributed by atoms with van der Waals surface area (Å²) in [7, 11) is 0. The summed E-state index contributed by atoms with van der Waals surface area (Å²) in [5.74, 6) is 0. The number of aromatic nitrogens is 4. The maximum atomic E-state index is 3.92. The lowest BCUT2D eigenvalue weighted by molar-refractivity contribution is 0.432. The first-order chi connectivity index (χ1) is 9.24. The molecule has 0 radical (unpaired) electrons. The Morgan fingerprint density at radius 2 is 2.05 bits per heavy atom. The number of rotatable bonds is 6. The minimum atomic E-state index is 0.321. The first-order valence-corrected chi connectivity index (χ1v) is 6.84. The zero-order valence-corrected chi connectivity index (χ0v) is 11.7. The van der Waals surface area contributed by atoms with Crippen molar-refractivity contribution in [3.05, 3.63) is 36.2 Å². The van der Waals surface area contributed by atoms with Crippen LogP contribution in [0.15, 0.2) is 30.6 Å². The molecule has 1 atom stereocenters. The van der Waals surface area contributed by atoms with Crippen LogP contribution in [0.2, 0.25) is 0 Å². The summed E-state index contributed by atoms with van der Waals surface area (Å²) in [4.78, 5) is 0. The highest BCUT2D eigenvalue weighted by molar-refractivity contribution is 5.35. The monoisotopic (exact) mass is 259 g/mol. The standard InChI is InChI=1S/C14H21N5/c1-4-13(5-2)16-11(3)12-7-6-8-14(9-12)19-10-15-17-18-19/h6-11,13,16H,4-5H2,1-3H3. The fourth-order valence-electron chi connectivity index (χ4n) is 2.19. The van der Waals surface area contributed by atoms with Gasteiger partial charge in [0.15, 0.2) is 0 Å². The lowest BCUT2D eigenvalue weighted by Crippen LogP contribution is -2.30. The van der Waals surface area contributed by atoms with Crippen LogP contribution in [0.4, 0.5) is 0 Å². The predicted molar refractivity (Wildman–Crippen MR) is 75.1 cm³/mol. The van der Waals surface area contributed by atoms with Gasteiger partial charge in [-0.3, -0.25) is 0 Å². The third-order valence-corrected chi connectivity index (χ3v) is 3.46. The lowest BCUT2D eigenvalue weighted by Gasteiger charge is -2.21. The van der Waals surface area contributed by atoms with Crippen molar-refractivity contribution in [3.63, 3.8) is 0 Å². The third-order valence-electron chi connectivity index (χ3n) is 3.46. The summed E-state index contributed by atoms with van der Waals surface area (Å²) >= 11 is 0. The van der Waals surface area contributed by atoms with E-state index >= 15 is 0 Å². The molecule has 0 aliphatic heterocycles. The second-order valence-corrected chi connectivity index (χ2v) is 4.75. The molecule has 5 heteroatoms. The molecule has 2 rings (SSSR count). The van der Waals surface area contributed by atoms with Gasteiger partial charge in [0.25, 0.3) is 0 Å². The summed E-state index contributed by atoms with van der Waals surface area (Å²) in [6.45, 7) is 6.62. The zero-order chi connectivity index (χ0) is 13.7. The molecule has 0 aliphatic rings. The number of nitrogens with zero attached hydrogens (tertiary/aromatic N) is 4. The van der Waals surface area contributed by atoms with Crippen molar-refractivity contribution in [3.8, 4) is 5.69 Å². The molecule has 1 aromatic heterocycles. The fourth-order valence-corrected chi connectivity index (χ4v) is 2.19. The van der Waals surface area contributed by atoms with Gasteiger partial charge in [-0.15, -0.1) is 5.10 Å². The second kappa shape index (κ2) is 6.43. The van der Waals surface area contributed by atoms with E-state index in [0.29, 0.717) is 12.1 Å². The molecule has 0 aliphatic carbocycles. The first-order valence-electron chi connectivity index (χ1n) is 6.84. The van der Waals surface area contributed by atoms with Crippen molar-refractivity contribution in [2.45, 2.75) is 45.7 Å².